The Labute approximate surface area is 160 Å². The van der Waals surface area contributed by atoms with Crippen molar-refractivity contribution in [1.29, 1.82) is 0 Å². The van der Waals surface area contributed by atoms with Crippen molar-refractivity contribution in [2.45, 2.75) is 92.9 Å². The maximum atomic E-state index is 12.3. The van der Waals surface area contributed by atoms with Crippen LogP contribution in [0, 0.1) is 22.7 Å². The van der Waals surface area contributed by atoms with Gasteiger partial charge in [-0.3, -0.25) is 9.59 Å². The van der Waals surface area contributed by atoms with E-state index in [-0.39, 0.29) is 34.6 Å². The molecule has 152 valence electrons. The lowest BCUT2D eigenvalue weighted by atomic mass is 9.81. The summed E-state index contributed by atoms with van der Waals surface area (Å²) in [6, 6.07) is 0. The van der Waals surface area contributed by atoms with E-state index in [0.29, 0.717) is 13.2 Å². The van der Waals surface area contributed by atoms with Crippen LogP contribution < -0.4 is 0 Å². The van der Waals surface area contributed by atoms with Crippen LogP contribution >= 0.6 is 0 Å². The standard InChI is InChI=1S/C22H40O4/c1-7-21(5,8-2)15-25-19(23)17-11-13-18(14-12-17)20(24)26-16-22(6,9-3)10-4/h17-18H,7-16H2,1-6H3. The lowest BCUT2D eigenvalue weighted by Gasteiger charge is -2.30. The van der Waals surface area contributed by atoms with E-state index in [9.17, 15) is 9.59 Å². The van der Waals surface area contributed by atoms with E-state index in [0.717, 1.165) is 51.4 Å². The van der Waals surface area contributed by atoms with Crippen molar-refractivity contribution in [3.05, 3.63) is 0 Å². The zero-order chi connectivity index (χ0) is 19.8. The fourth-order valence-corrected chi connectivity index (χ4v) is 3.20. The molecule has 1 rings (SSSR count). The van der Waals surface area contributed by atoms with Gasteiger partial charge in [0.25, 0.3) is 0 Å². The quantitative estimate of drug-likeness (QED) is 0.476. The minimum atomic E-state index is -0.0884. The first-order valence-electron chi connectivity index (χ1n) is 10.6. The average Bonchev–Trinajstić information content (AvgIpc) is 2.69. The molecular formula is C22H40O4. The molecule has 26 heavy (non-hydrogen) atoms. The summed E-state index contributed by atoms with van der Waals surface area (Å²) in [4.78, 5) is 24.7. The Morgan fingerprint density at radius 2 is 0.962 bits per heavy atom. The van der Waals surface area contributed by atoms with Crippen LogP contribution in [-0.2, 0) is 19.1 Å². The van der Waals surface area contributed by atoms with Gasteiger partial charge in [-0.1, -0.05) is 41.5 Å². The Morgan fingerprint density at radius 3 is 1.19 bits per heavy atom. The Hall–Kier alpha value is -1.06. The second-order valence-electron chi connectivity index (χ2n) is 8.80. The monoisotopic (exact) mass is 368 g/mol. The first-order valence-corrected chi connectivity index (χ1v) is 10.6. The maximum absolute atomic E-state index is 12.3. The first-order chi connectivity index (χ1) is 12.2. The van der Waals surface area contributed by atoms with Crippen LogP contribution in [0.1, 0.15) is 92.9 Å². The van der Waals surface area contributed by atoms with Gasteiger partial charge in [0.05, 0.1) is 25.0 Å². The van der Waals surface area contributed by atoms with E-state index in [1.807, 2.05) is 0 Å². The van der Waals surface area contributed by atoms with Crippen LogP contribution in [0.5, 0.6) is 0 Å². The van der Waals surface area contributed by atoms with Gasteiger partial charge >= 0.3 is 11.9 Å². The smallest absolute Gasteiger partial charge is 0.308 e. The highest BCUT2D eigenvalue weighted by Crippen LogP contribution is 2.33. The van der Waals surface area contributed by atoms with E-state index in [4.69, 9.17) is 9.47 Å². The summed E-state index contributed by atoms with van der Waals surface area (Å²) in [6.45, 7) is 13.8. The summed E-state index contributed by atoms with van der Waals surface area (Å²) in [7, 11) is 0. The molecule has 0 spiro atoms. The molecule has 4 nitrogen and oxygen atoms in total. The van der Waals surface area contributed by atoms with Crippen LogP contribution in [0.4, 0.5) is 0 Å². The van der Waals surface area contributed by atoms with Gasteiger partial charge < -0.3 is 9.47 Å². The molecule has 0 atom stereocenters. The number of ether oxygens (including phenoxy) is 2. The van der Waals surface area contributed by atoms with Gasteiger partial charge in [0.15, 0.2) is 0 Å². The Kier molecular flexibility index (Phi) is 9.12. The molecule has 4 heteroatoms. The summed E-state index contributed by atoms with van der Waals surface area (Å²) >= 11 is 0. The molecule has 1 saturated carbocycles. The molecule has 0 radical (unpaired) electrons. The topological polar surface area (TPSA) is 52.6 Å². The molecule has 0 bridgehead atoms. The van der Waals surface area contributed by atoms with Gasteiger partial charge in [0.1, 0.15) is 0 Å². The number of carbonyl (C=O) groups is 2. The number of esters is 2. The summed E-state index contributed by atoms with van der Waals surface area (Å²) in [5.74, 6) is -0.300. The van der Waals surface area contributed by atoms with E-state index in [1.165, 1.54) is 0 Å². The van der Waals surface area contributed by atoms with Gasteiger partial charge in [-0.25, -0.2) is 0 Å². The molecule has 0 amide bonds. The van der Waals surface area contributed by atoms with Gasteiger partial charge in [0.2, 0.25) is 0 Å². The Bertz CT molecular complexity index is 399. The Balaban J connectivity index is 2.39. The molecule has 0 N–H and O–H groups in total. The van der Waals surface area contributed by atoms with Gasteiger partial charge in [0, 0.05) is 10.8 Å². The van der Waals surface area contributed by atoms with Crippen molar-refractivity contribution in [2.75, 3.05) is 13.2 Å². The molecule has 1 aliphatic rings. The van der Waals surface area contributed by atoms with E-state index in [1.54, 1.807) is 0 Å². The van der Waals surface area contributed by atoms with Crippen LogP contribution in [0.25, 0.3) is 0 Å². The van der Waals surface area contributed by atoms with Crippen molar-refractivity contribution in [3.8, 4) is 0 Å². The van der Waals surface area contributed by atoms with Gasteiger partial charge in [-0.2, -0.15) is 0 Å². The third-order valence-electron chi connectivity index (χ3n) is 6.93. The molecule has 0 heterocycles. The highest BCUT2D eigenvalue weighted by Gasteiger charge is 2.33. The predicted molar refractivity (Wildman–Crippen MR) is 105 cm³/mol. The number of carbonyl (C=O) groups excluding carboxylic acids is 2. The normalized spacial score (nSPS) is 21.3. The zero-order valence-electron chi connectivity index (χ0n) is 17.9. The molecule has 0 aromatic heterocycles. The SMILES string of the molecule is CCC(C)(CC)COC(=O)C1CCC(C(=O)OCC(C)(CC)CC)CC1. The van der Waals surface area contributed by atoms with Crippen LogP contribution in [0.15, 0.2) is 0 Å². The van der Waals surface area contributed by atoms with Crippen molar-refractivity contribution in [2.24, 2.45) is 22.7 Å². The summed E-state index contributed by atoms with van der Waals surface area (Å²) in [6.07, 6.45) is 6.93. The van der Waals surface area contributed by atoms with Crippen LogP contribution in [0.2, 0.25) is 0 Å². The third kappa shape index (κ3) is 6.59. The first kappa shape index (κ1) is 23.0. The summed E-state index contributed by atoms with van der Waals surface area (Å²) in [5.41, 5.74) is 0.143. The van der Waals surface area contributed by atoms with Crippen molar-refractivity contribution < 1.29 is 19.1 Å². The second-order valence-corrected chi connectivity index (χ2v) is 8.80. The second kappa shape index (κ2) is 10.3. The number of rotatable bonds is 10. The number of hydrogen-bond acceptors (Lipinski definition) is 4. The molecule has 1 aliphatic carbocycles. The third-order valence-corrected chi connectivity index (χ3v) is 6.93. The molecule has 0 aromatic carbocycles. The fourth-order valence-electron chi connectivity index (χ4n) is 3.20. The summed E-state index contributed by atoms with van der Waals surface area (Å²) < 4.78 is 11.2. The molecule has 1 fully saturated rings. The zero-order valence-corrected chi connectivity index (χ0v) is 17.9. The highest BCUT2D eigenvalue weighted by molar-refractivity contribution is 5.75. The molecule has 0 unspecified atom stereocenters. The maximum Gasteiger partial charge on any atom is 0.308 e. The predicted octanol–water partition coefficient (Wildman–Crippen LogP) is 5.53. The van der Waals surface area contributed by atoms with Crippen LogP contribution in [-0.4, -0.2) is 25.2 Å². The van der Waals surface area contributed by atoms with Gasteiger partial charge in [-0.05, 0) is 51.4 Å². The molecule has 0 saturated heterocycles. The van der Waals surface area contributed by atoms with E-state index < -0.39 is 0 Å². The Morgan fingerprint density at radius 1 is 0.692 bits per heavy atom. The lowest BCUT2D eigenvalue weighted by Crippen LogP contribution is -2.32. The minimum absolute atomic E-state index is 0.0615. The van der Waals surface area contributed by atoms with Crippen LogP contribution in [0.3, 0.4) is 0 Å². The van der Waals surface area contributed by atoms with E-state index >= 15 is 0 Å². The number of hydrogen-bond donors (Lipinski definition) is 0. The molecule has 0 aliphatic heterocycles. The molecular weight excluding hydrogens is 328 g/mol. The largest absolute Gasteiger partial charge is 0.465 e. The fraction of sp³-hybridized carbons (Fsp3) is 0.909. The van der Waals surface area contributed by atoms with Crippen molar-refractivity contribution in [3.63, 3.8) is 0 Å². The van der Waals surface area contributed by atoms with Gasteiger partial charge in [-0.15, -0.1) is 0 Å². The minimum Gasteiger partial charge on any atom is -0.465 e. The average molecular weight is 369 g/mol. The molecule has 0 aromatic rings. The van der Waals surface area contributed by atoms with E-state index in [2.05, 4.69) is 41.5 Å². The lowest BCUT2D eigenvalue weighted by molar-refractivity contribution is -0.158. The highest BCUT2D eigenvalue weighted by atomic mass is 16.5. The van der Waals surface area contributed by atoms with Crippen molar-refractivity contribution >= 4 is 11.9 Å². The summed E-state index contributed by atoms with van der Waals surface area (Å²) in [5, 5.41) is 0. The van der Waals surface area contributed by atoms with Crippen molar-refractivity contribution in [1.82, 2.24) is 0 Å².